The summed E-state index contributed by atoms with van der Waals surface area (Å²) in [5, 5.41) is 8.99. The lowest BCUT2D eigenvalue weighted by Crippen LogP contribution is -2.10. The van der Waals surface area contributed by atoms with Gasteiger partial charge in [-0.3, -0.25) is 0 Å². The Morgan fingerprint density at radius 1 is 1.22 bits per heavy atom. The molecule has 0 aliphatic heterocycles. The third-order valence-corrected chi connectivity index (χ3v) is 2.33. The topological polar surface area (TPSA) is 55.8 Å². The molecule has 4 heteroatoms. The molecule has 0 atom stereocenters. The van der Waals surface area contributed by atoms with Gasteiger partial charge in [0.2, 0.25) is 0 Å². The van der Waals surface area contributed by atoms with Crippen molar-refractivity contribution >= 4 is 5.97 Å². The highest BCUT2D eigenvalue weighted by molar-refractivity contribution is 5.89. The molecular formula is C14H20O4. The van der Waals surface area contributed by atoms with E-state index >= 15 is 0 Å². The Labute approximate surface area is 108 Å². The molecule has 18 heavy (non-hydrogen) atoms. The first-order valence-corrected chi connectivity index (χ1v) is 6.08. The first-order valence-electron chi connectivity index (χ1n) is 6.08. The van der Waals surface area contributed by atoms with Gasteiger partial charge in [-0.2, -0.15) is 0 Å². The van der Waals surface area contributed by atoms with Crippen LogP contribution in [0.4, 0.5) is 0 Å². The van der Waals surface area contributed by atoms with E-state index < -0.39 is 5.97 Å². The molecule has 1 aromatic rings. The maximum absolute atomic E-state index is 11.0. The van der Waals surface area contributed by atoms with Crippen molar-refractivity contribution < 1.29 is 19.4 Å². The van der Waals surface area contributed by atoms with Crippen molar-refractivity contribution in [3.63, 3.8) is 0 Å². The Kier molecular flexibility index (Phi) is 6.39. The number of aromatic carboxylic acids is 1. The molecule has 0 aliphatic rings. The maximum atomic E-state index is 11.0. The fourth-order valence-corrected chi connectivity index (χ4v) is 1.47. The second-order valence-corrected chi connectivity index (χ2v) is 4.48. The zero-order chi connectivity index (χ0) is 13.4. The molecule has 100 valence electrons. The van der Waals surface area contributed by atoms with Gasteiger partial charge < -0.3 is 14.6 Å². The van der Waals surface area contributed by atoms with Crippen LogP contribution in [0.1, 0.15) is 29.8 Å². The molecular weight excluding hydrogens is 232 g/mol. The zero-order valence-corrected chi connectivity index (χ0v) is 10.9. The molecule has 0 saturated carbocycles. The number of hydrogen-bond donors (Lipinski definition) is 1. The molecule has 0 heterocycles. The molecule has 0 saturated heterocycles. The Morgan fingerprint density at radius 3 is 2.56 bits per heavy atom. The predicted octanol–water partition coefficient (Wildman–Crippen LogP) is 2.57. The van der Waals surface area contributed by atoms with E-state index in [0.717, 1.165) is 6.61 Å². The summed E-state index contributed by atoms with van der Waals surface area (Å²) in [6.07, 6.45) is 0. The van der Waals surface area contributed by atoms with Crippen molar-refractivity contribution in [1.82, 2.24) is 0 Å². The lowest BCUT2D eigenvalue weighted by Gasteiger charge is -2.09. The zero-order valence-electron chi connectivity index (χ0n) is 10.9. The van der Waals surface area contributed by atoms with Crippen LogP contribution < -0.4 is 0 Å². The summed E-state index contributed by atoms with van der Waals surface area (Å²) in [7, 11) is 0. The first kappa shape index (κ1) is 14.7. The number of hydrogen-bond acceptors (Lipinski definition) is 3. The quantitative estimate of drug-likeness (QED) is 0.722. The molecule has 4 nitrogen and oxygen atoms in total. The van der Waals surface area contributed by atoms with E-state index in [1.54, 1.807) is 24.3 Å². The SMILES string of the molecule is CC(C)COCCOCc1ccccc1C(=O)O. The van der Waals surface area contributed by atoms with Gasteiger partial charge in [-0.05, 0) is 17.5 Å². The predicted molar refractivity (Wildman–Crippen MR) is 68.7 cm³/mol. The number of ether oxygens (including phenoxy) is 2. The lowest BCUT2D eigenvalue weighted by molar-refractivity contribution is 0.0309. The van der Waals surface area contributed by atoms with Crippen molar-refractivity contribution in [2.75, 3.05) is 19.8 Å². The fourth-order valence-electron chi connectivity index (χ4n) is 1.47. The average molecular weight is 252 g/mol. The van der Waals surface area contributed by atoms with E-state index in [9.17, 15) is 4.79 Å². The fraction of sp³-hybridized carbons (Fsp3) is 0.500. The molecule has 1 aromatic carbocycles. The summed E-state index contributed by atoms with van der Waals surface area (Å²) in [6, 6.07) is 6.85. The van der Waals surface area contributed by atoms with Gasteiger partial charge in [-0.15, -0.1) is 0 Å². The summed E-state index contributed by atoms with van der Waals surface area (Å²) in [4.78, 5) is 11.0. The van der Waals surface area contributed by atoms with Crippen molar-refractivity contribution in [1.29, 1.82) is 0 Å². The Bertz CT molecular complexity index is 374. The first-order chi connectivity index (χ1) is 8.61. The van der Waals surface area contributed by atoms with Gasteiger partial charge in [0.25, 0.3) is 0 Å². The smallest absolute Gasteiger partial charge is 0.336 e. The molecule has 0 aliphatic carbocycles. The summed E-state index contributed by atoms with van der Waals surface area (Å²) in [5.74, 6) is -0.414. The highest BCUT2D eigenvalue weighted by atomic mass is 16.5. The standard InChI is InChI=1S/C14H20O4/c1-11(2)9-17-7-8-18-10-12-5-3-4-6-13(12)14(15)16/h3-6,11H,7-10H2,1-2H3,(H,15,16). The van der Waals surface area contributed by atoms with Gasteiger partial charge in [-0.1, -0.05) is 32.0 Å². The highest BCUT2D eigenvalue weighted by Gasteiger charge is 2.08. The van der Waals surface area contributed by atoms with Crippen LogP contribution in [-0.2, 0) is 16.1 Å². The Morgan fingerprint density at radius 2 is 1.89 bits per heavy atom. The third-order valence-electron chi connectivity index (χ3n) is 2.33. The van der Waals surface area contributed by atoms with Crippen LogP contribution in [0.2, 0.25) is 0 Å². The number of carbonyl (C=O) groups is 1. The minimum absolute atomic E-state index is 0.292. The third kappa shape index (κ3) is 5.29. The Balaban J connectivity index is 2.29. The number of carboxylic acids is 1. The van der Waals surface area contributed by atoms with E-state index in [4.69, 9.17) is 14.6 Å². The van der Waals surface area contributed by atoms with Crippen LogP contribution in [0.15, 0.2) is 24.3 Å². The minimum Gasteiger partial charge on any atom is -0.478 e. The van der Waals surface area contributed by atoms with Gasteiger partial charge >= 0.3 is 5.97 Å². The van der Waals surface area contributed by atoms with E-state index in [1.165, 1.54) is 0 Å². The van der Waals surface area contributed by atoms with Crippen molar-refractivity contribution in [3.05, 3.63) is 35.4 Å². The van der Waals surface area contributed by atoms with E-state index in [-0.39, 0.29) is 0 Å². The molecule has 0 fully saturated rings. The monoisotopic (exact) mass is 252 g/mol. The average Bonchev–Trinajstić information content (AvgIpc) is 2.33. The number of rotatable bonds is 8. The largest absolute Gasteiger partial charge is 0.478 e. The summed E-state index contributed by atoms with van der Waals surface area (Å²) < 4.78 is 10.8. The molecule has 0 radical (unpaired) electrons. The summed E-state index contributed by atoms with van der Waals surface area (Å²) in [6.45, 7) is 6.20. The molecule has 1 rings (SSSR count). The second-order valence-electron chi connectivity index (χ2n) is 4.48. The Hall–Kier alpha value is -1.39. The van der Waals surface area contributed by atoms with Gasteiger partial charge in [0.15, 0.2) is 0 Å². The van der Waals surface area contributed by atoms with Crippen LogP contribution in [0.3, 0.4) is 0 Å². The van der Waals surface area contributed by atoms with Gasteiger partial charge in [-0.25, -0.2) is 4.79 Å². The van der Waals surface area contributed by atoms with Crippen LogP contribution in [0, 0.1) is 5.92 Å². The van der Waals surface area contributed by atoms with E-state index in [1.807, 2.05) is 0 Å². The lowest BCUT2D eigenvalue weighted by atomic mass is 10.1. The van der Waals surface area contributed by atoms with Gasteiger partial charge in [0.1, 0.15) is 0 Å². The summed E-state index contributed by atoms with van der Waals surface area (Å²) in [5.41, 5.74) is 0.981. The second kappa shape index (κ2) is 7.84. The normalized spacial score (nSPS) is 10.8. The van der Waals surface area contributed by atoms with Crippen molar-refractivity contribution in [2.24, 2.45) is 5.92 Å². The number of benzene rings is 1. The van der Waals surface area contributed by atoms with Crippen LogP contribution >= 0.6 is 0 Å². The van der Waals surface area contributed by atoms with Gasteiger partial charge in [0, 0.05) is 6.61 Å². The molecule has 0 unspecified atom stereocenters. The minimum atomic E-state index is -0.926. The molecule has 0 aromatic heterocycles. The molecule has 1 N–H and O–H groups in total. The summed E-state index contributed by atoms with van der Waals surface area (Å²) >= 11 is 0. The molecule has 0 amide bonds. The molecule has 0 bridgehead atoms. The van der Waals surface area contributed by atoms with Crippen LogP contribution in [0.5, 0.6) is 0 Å². The van der Waals surface area contributed by atoms with Crippen LogP contribution in [-0.4, -0.2) is 30.9 Å². The van der Waals surface area contributed by atoms with Crippen LogP contribution in [0.25, 0.3) is 0 Å². The van der Waals surface area contributed by atoms with E-state index in [2.05, 4.69) is 13.8 Å². The molecule has 0 spiro atoms. The maximum Gasteiger partial charge on any atom is 0.336 e. The van der Waals surface area contributed by atoms with Crippen molar-refractivity contribution in [3.8, 4) is 0 Å². The number of carboxylic acid groups (broad SMARTS) is 1. The van der Waals surface area contributed by atoms with Crippen molar-refractivity contribution in [2.45, 2.75) is 20.5 Å². The highest BCUT2D eigenvalue weighted by Crippen LogP contribution is 2.09. The van der Waals surface area contributed by atoms with E-state index in [0.29, 0.717) is 36.9 Å². The van der Waals surface area contributed by atoms with Gasteiger partial charge in [0.05, 0.1) is 25.4 Å².